The van der Waals surface area contributed by atoms with Crippen LogP contribution >= 0.6 is 11.8 Å². The first-order chi connectivity index (χ1) is 8.24. The van der Waals surface area contributed by atoms with Crippen LogP contribution in [-0.4, -0.2) is 15.5 Å². The van der Waals surface area contributed by atoms with Crippen molar-refractivity contribution in [2.75, 3.05) is 11.5 Å². The van der Waals surface area contributed by atoms with Crippen LogP contribution in [0, 0.1) is 6.92 Å². The molecule has 0 radical (unpaired) electrons. The van der Waals surface area contributed by atoms with E-state index in [4.69, 9.17) is 5.73 Å². The van der Waals surface area contributed by atoms with Crippen LogP contribution in [0.3, 0.4) is 0 Å². The van der Waals surface area contributed by atoms with Crippen molar-refractivity contribution in [3.05, 3.63) is 47.8 Å². The molecular weight excluding hydrogens is 230 g/mol. The van der Waals surface area contributed by atoms with Gasteiger partial charge in [0.15, 0.2) is 0 Å². The summed E-state index contributed by atoms with van der Waals surface area (Å²) in [7, 11) is 0. The highest BCUT2D eigenvalue weighted by Crippen LogP contribution is 2.13. The number of hydrogen-bond acceptors (Lipinski definition) is 3. The highest BCUT2D eigenvalue weighted by Gasteiger charge is 1.96. The maximum Gasteiger partial charge on any atom is 0.0719 e. The highest BCUT2D eigenvalue weighted by molar-refractivity contribution is 7.98. The van der Waals surface area contributed by atoms with Crippen molar-refractivity contribution in [3.8, 4) is 0 Å². The molecule has 0 aliphatic carbocycles. The average Bonchev–Trinajstić information content (AvgIpc) is 2.71. The third-order valence-electron chi connectivity index (χ3n) is 2.47. The van der Waals surface area contributed by atoms with E-state index in [1.54, 1.807) is 6.20 Å². The number of anilines is 1. The number of nitrogen functional groups attached to an aromatic ring is 1. The van der Waals surface area contributed by atoms with Crippen LogP contribution in [0.25, 0.3) is 0 Å². The molecule has 0 aliphatic rings. The van der Waals surface area contributed by atoms with Crippen LogP contribution < -0.4 is 5.73 Å². The first-order valence-corrected chi connectivity index (χ1v) is 6.81. The molecule has 0 unspecified atom stereocenters. The second kappa shape index (κ2) is 5.77. The molecule has 0 aliphatic heterocycles. The number of nitrogens with zero attached hydrogens (tertiary/aromatic N) is 2. The summed E-state index contributed by atoms with van der Waals surface area (Å²) < 4.78 is 1.89. The summed E-state index contributed by atoms with van der Waals surface area (Å²) in [5.74, 6) is 2.10. The van der Waals surface area contributed by atoms with E-state index in [9.17, 15) is 0 Å². The molecule has 0 fully saturated rings. The van der Waals surface area contributed by atoms with Gasteiger partial charge in [-0.25, -0.2) is 0 Å². The lowest BCUT2D eigenvalue weighted by Crippen LogP contribution is -2.00. The zero-order valence-electron chi connectivity index (χ0n) is 9.97. The Hall–Kier alpha value is -1.42. The van der Waals surface area contributed by atoms with Gasteiger partial charge in [0.05, 0.1) is 18.4 Å². The summed E-state index contributed by atoms with van der Waals surface area (Å²) >= 11 is 1.92. The zero-order chi connectivity index (χ0) is 12.1. The molecule has 0 saturated heterocycles. The molecule has 90 valence electrons. The quantitative estimate of drug-likeness (QED) is 0.826. The predicted molar refractivity (Wildman–Crippen MR) is 74.0 cm³/mol. The minimum absolute atomic E-state index is 0.730. The first kappa shape index (κ1) is 12.0. The molecular formula is C13H17N3S. The maximum absolute atomic E-state index is 5.60. The number of benzene rings is 1. The molecule has 0 atom stereocenters. The SMILES string of the molecule is Cc1cccc(CSCCn2cc(N)cn2)c1. The van der Waals surface area contributed by atoms with Gasteiger partial charge in [0.25, 0.3) is 0 Å². The van der Waals surface area contributed by atoms with E-state index in [-0.39, 0.29) is 0 Å². The van der Waals surface area contributed by atoms with Crippen molar-refractivity contribution in [1.29, 1.82) is 0 Å². The molecule has 17 heavy (non-hydrogen) atoms. The van der Waals surface area contributed by atoms with E-state index in [0.717, 1.165) is 23.7 Å². The third kappa shape index (κ3) is 3.82. The van der Waals surface area contributed by atoms with Gasteiger partial charge in [-0.15, -0.1) is 0 Å². The molecule has 4 heteroatoms. The fourth-order valence-electron chi connectivity index (χ4n) is 1.65. The van der Waals surface area contributed by atoms with E-state index in [2.05, 4.69) is 36.3 Å². The number of aryl methyl sites for hydroxylation is 2. The van der Waals surface area contributed by atoms with Gasteiger partial charge >= 0.3 is 0 Å². The number of hydrogen-bond donors (Lipinski definition) is 1. The van der Waals surface area contributed by atoms with Gasteiger partial charge in [-0.05, 0) is 12.5 Å². The lowest BCUT2D eigenvalue weighted by molar-refractivity contribution is 0.666. The summed E-state index contributed by atoms with van der Waals surface area (Å²) in [5, 5.41) is 4.15. The Labute approximate surface area is 106 Å². The van der Waals surface area contributed by atoms with Crippen LogP contribution in [0.2, 0.25) is 0 Å². The van der Waals surface area contributed by atoms with E-state index in [1.807, 2.05) is 22.6 Å². The normalized spacial score (nSPS) is 10.6. The molecule has 1 heterocycles. The minimum Gasteiger partial charge on any atom is -0.396 e. The van der Waals surface area contributed by atoms with Crippen molar-refractivity contribution in [2.24, 2.45) is 0 Å². The van der Waals surface area contributed by atoms with E-state index < -0.39 is 0 Å². The van der Waals surface area contributed by atoms with Crippen molar-refractivity contribution >= 4 is 17.4 Å². The van der Waals surface area contributed by atoms with Crippen LogP contribution in [0.1, 0.15) is 11.1 Å². The van der Waals surface area contributed by atoms with E-state index in [1.165, 1.54) is 11.1 Å². The van der Waals surface area contributed by atoms with Gasteiger partial charge in [0.2, 0.25) is 0 Å². The van der Waals surface area contributed by atoms with Crippen LogP contribution in [0.15, 0.2) is 36.7 Å². The van der Waals surface area contributed by atoms with Crippen molar-refractivity contribution < 1.29 is 0 Å². The molecule has 0 saturated carbocycles. The number of aromatic nitrogens is 2. The summed E-state index contributed by atoms with van der Waals surface area (Å²) in [5.41, 5.74) is 9.04. The minimum atomic E-state index is 0.730. The van der Waals surface area contributed by atoms with Gasteiger partial charge in [0.1, 0.15) is 0 Å². The Morgan fingerprint density at radius 3 is 3.00 bits per heavy atom. The molecule has 0 amide bonds. The Kier molecular flexibility index (Phi) is 4.09. The first-order valence-electron chi connectivity index (χ1n) is 5.65. The van der Waals surface area contributed by atoms with Crippen LogP contribution in [-0.2, 0) is 12.3 Å². The Morgan fingerprint density at radius 1 is 1.41 bits per heavy atom. The fourth-order valence-corrected chi connectivity index (χ4v) is 2.53. The second-order valence-corrected chi connectivity index (χ2v) is 5.18. The van der Waals surface area contributed by atoms with Gasteiger partial charge in [0, 0.05) is 17.7 Å². The second-order valence-electron chi connectivity index (χ2n) is 4.08. The summed E-state index contributed by atoms with van der Waals surface area (Å²) in [6.07, 6.45) is 3.55. The van der Waals surface area contributed by atoms with Crippen molar-refractivity contribution in [3.63, 3.8) is 0 Å². The molecule has 0 bridgehead atoms. The van der Waals surface area contributed by atoms with E-state index in [0.29, 0.717) is 0 Å². The number of rotatable bonds is 5. The molecule has 2 rings (SSSR count). The smallest absolute Gasteiger partial charge is 0.0719 e. The lowest BCUT2D eigenvalue weighted by Gasteiger charge is -2.03. The van der Waals surface area contributed by atoms with Crippen LogP contribution in [0.4, 0.5) is 5.69 Å². The van der Waals surface area contributed by atoms with Gasteiger partial charge in [-0.2, -0.15) is 16.9 Å². The molecule has 2 aromatic rings. The van der Waals surface area contributed by atoms with Gasteiger partial charge < -0.3 is 5.73 Å². The average molecular weight is 247 g/mol. The zero-order valence-corrected chi connectivity index (χ0v) is 10.8. The predicted octanol–water partition coefficient (Wildman–Crippen LogP) is 2.71. The molecule has 2 N–H and O–H groups in total. The lowest BCUT2D eigenvalue weighted by atomic mass is 10.2. The standard InChI is InChI=1S/C13H17N3S/c1-11-3-2-4-12(7-11)10-17-6-5-16-9-13(14)8-15-16/h2-4,7-9H,5-6,10,14H2,1H3. The third-order valence-corrected chi connectivity index (χ3v) is 3.48. The monoisotopic (exact) mass is 247 g/mol. The summed E-state index contributed by atoms with van der Waals surface area (Å²) in [4.78, 5) is 0. The van der Waals surface area contributed by atoms with Gasteiger partial charge in [-0.1, -0.05) is 29.8 Å². The van der Waals surface area contributed by atoms with Gasteiger partial charge in [-0.3, -0.25) is 4.68 Å². The molecule has 0 spiro atoms. The number of thioether (sulfide) groups is 1. The van der Waals surface area contributed by atoms with Crippen molar-refractivity contribution in [2.45, 2.75) is 19.2 Å². The topological polar surface area (TPSA) is 43.8 Å². The number of nitrogens with two attached hydrogens (primary N) is 1. The maximum atomic E-state index is 5.60. The van der Waals surface area contributed by atoms with E-state index >= 15 is 0 Å². The van der Waals surface area contributed by atoms with Crippen molar-refractivity contribution in [1.82, 2.24) is 9.78 Å². The molecule has 1 aromatic heterocycles. The Balaban J connectivity index is 1.73. The molecule has 1 aromatic carbocycles. The molecule has 3 nitrogen and oxygen atoms in total. The summed E-state index contributed by atoms with van der Waals surface area (Å²) in [6.45, 7) is 3.04. The Bertz CT molecular complexity index is 479. The largest absolute Gasteiger partial charge is 0.396 e. The fraction of sp³-hybridized carbons (Fsp3) is 0.308. The van der Waals surface area contributed by atoms with Crippen LogP contribution in [0.5, 0.6) is 0 Å². The Morgan fingerprint density at radius 2 is 2.29 bits per heavy atom. The summed E-state index contributed by atoms with van der Waals surface area (Å²) in [6, 6.07) is 8.64. The highest BCUT2D eigenvalue weighted by atomic mass is 32.2.